The fraction of sp³-hybridized carbons (Fsp3) is 0.750. The summed E-state index contributed by atoms with van der Waals surface area (Å²) in [4.78, 5) is 14.7. The normalized spacial score (nSPS) is 32.1. The number of aliphatic hydroxyl groups is 1. The Balaban J connectivity index is 1.72. The van der Waals surface area contributed by atoms with Crippen LogP contribution in [0.3, 0.4) is 0 Å². The quantitative estimate of drug-likeness (QED) is 0.833. The summed E-state index contributed by atoms with van der Waals surface area (Å²) in [6, 6.07) is 0. The van der Waals surface area contributed by atoms with Gasteiger partial charge in [0.15, 0.2) is 0 Å². The van der Waals surface area contributed by atoms with Crippen LogP contribution in [-0.2, 0) is 0 Å². The zero-order valence-corrected chi connectivity index (χ0v) is 11.0. The largest absolute Gasteiger partial charge is 0.389 e. The summed E-state index contributed by atoms with van der Waals surface area (Å²) >= 11 is 1.14. The van der Waals surface area contributed by atoms with Gasteiger partial charge in [0.25, 0.3) is 5.91 Å². The first-order valence-electron chi connectivity index (χ1n) is 6.48. The molecule has 2 atom stereocenters. The van der Waals surface area contributed by atoms with Crippen molar-refractivity contribution in [2.75, 3.05) is 13.1 Å². The number of carbonyl (C=O) groups is 1. The molecule has 1 aliphatic carbocycles. The zero-order valence-electron chi connectivity index (χ0n) is 10.2. The van der Waals surface area contributed by atoms with E-state index in [0.29, 0.717) is 24.4 Å². The minimum Gasteiger partial charge on any atom is -0.389 e. The van der Waals surface area contributed by atoms with Gasteiger partial charge in [0.2, 0.25) is 0 Å². The average Bonchev–Trinajstić information content (AvgIpc) is 2.90. The lowest BCUT2D eigenvalue weighted by Gasteiger charge is -2.47. The highest BCUT2D eigenvalue weighted by Crippen LogP contribution is 2.40. The molecule has 1 saturated carbocycles. The van der Waals surface area contributed by atoms with E-state index in [2.05, 4.69) is 9.59 Å². The van der Waals surface area contributed by atoms with Crippen LogP contribution in [0.1, 0.15) is 41.8 Å². The molecular formula is C12H17N3O2S. The van der Waals surface area contributed by atoms with Crippen LogP contribution in [0.15, 0.2) is 6.20 Å². The molecule has 2 fully saturated rings. The highest BCUT2D eigenvalue weighted by Gasteiger charge is 2.43. The van der Waals surface area contributed by atoms with Crippen molar-refractivity contribution >= 4 is 17.4 Å². The van der Waals surface area contributed by atoms with E-state index in [9.17, 15) is 9.90 Å². The molecule has 3 rings (SSSR count). The molecule has 18 heavy (non-hydrogen) atoms. The fourth-order valence-electron chi connectivity index (χ4n) is 3.17. The number of likely N-dealkylation sites (tertiary alicyclic amines) is 1. The van der Waals surface area contributed by atoms with E-state index >= 15 is 0 Å². The summed E-state index contributed by atoms with van der Waals surface area (Å²) < 4.78 is 3.73. The smallest absolute Gasteiger partial charge is 0.267 e. The van der Waals surface area contributed by atoms with Crippen molar-refractivity contribution in [2.45, 2.75) is 37.7 Å². The number of piperidine rings is 1. The van der Waals surface area contributed by atoms with Crippen LogP contribution < -0.4 is 0 Å². The Labute approximate surface area is 110 Å². The number of hydrogen-bond donors (Lipinski definition) is 1. The minimum atomic E-state index is -0.527. The zero-order chi connectivity index (χ0) is 12.6. The van der Waals surface area contributed by atoms with E-state index in [0.717, 1.165) is 37.2 Å². The van der Waals surface area contributed by atoms with Crippen molar-refractivity contribution in [2.24, 2.45) is 5.92 Å². The van der Waals surface area contributed by atoms with Crippen LogP contribution in [0.25, 0.3) is 0 Å². The predicted octanol–water partition coefficient (Wildman–Crippen LogP) is 1.31. The van der Waals surface area contributed by atoms with E-state index in [1.165, 1.54) is 6.20 Å². The maximum Gasteiger partial charge on any atom is 0.267 e. The Kier molecular flexibility index (Phi) is 3.07. The average molecular weight is 267 g/mol. The molecule has 5 nitrogen and oxygen atoms in total. The van der Waals surface area contributed by atoms with E-state index in [1.807, 2.05) is 4.90 Å². The molecule has 1 aliphatic heterocycles. The summed E-state index contributed by atoms with van der Waals surface area (Å²) in [6.45, 7) is 1.32. The Morgan fingerprint density at radius 2 is 2.39 bits per heavy atom. The first-order chi connectivity index (χ1) is 8.69. The van der Waals surface area contributed by atoms with Crippen molar-refractivity contribution in [3.63, 3.8) is 0 Å². The van der Waals surface area contributed by atoms with Crippen LogP contribution in [-0.4, -0.2) is 44.2 Å². The first kappa shape index (κ1) is 12.0. The van der Waals surface area contributed by atoms with Gasteiger partial charge in [0.1, 0.15) is 4.88 Å². The number of nitrogens with zero attached hydrogens (tertiary/aromatic N) is 3. The molecule has 0 radical (unpaired) electrons. The van der Waals surface area contributed by atoms with Crippen LogP contribution >= 0.6 is 11.5 Å². The lowest BCUT2D eigenvalue weighted by molar-refractivity contribution is -0.0885. The summed E-state index contributed by atoms with van der Waals surface area (Å²) in [5.41, 5.74) is -0.527. The summed E-state index contributed by atoms with van der Waals surface area (Å²) in [7, 11) is 0. The molecule has 2 aliphatic rings. The summed E-state index contributed by atoms with van der Waals surface area (Å²) in [5, 5.41) is 14.3. The van der Waals surface area contributed by atoms with Gasteiger partial charge in [-0.15, -0.1) is 5.10 Å². The number of amides is 1. The van der Waals surface area contributed by atoms with Gasteiger partial charge in [0.05, 0.1) is 11.8 Å². The second-order valence-corrected chi connectivity index (χ2v) is 6.11. The molecule has 1 N–H and O–H groups in total. The fourth-order valence-corrected chi connectivity index (χ4v) is 3.66. The van der Waals surface area contributed by atoms with Crippen LogP contribution in [0, 0.1) is 5.92 Å². The van der Waals surface area contributed by atoms with Crippen molar-refractivity contribution in [1.82, 2.24) is 14.5 Å². The standard InChI is InChI=1S/C12H17N3O2S/c16-11(10-7-13-14-18-10)15-6-5-12(17)4-2-1-3-9(12)8-15/h7,9,17H,1-6,8H2. The molecule has 98 valence electrons. The molecule has 1 aromatic rings. The predicted molar refractivity (Wildman–Crippen MR) is 67.3 cm³/mol. The van der Waals surface area contributed by atoms with Gasteiger partial charge in [0, 0.05) is 19.0 Å². The van der Waals surface area contributed by atoms with Gasteiger partial charge < -0.3 is 10.0 Å². The molecule has 0 bridgehead atoms. The molecule has 1 saturated heterocycles. The molecule has 1 amide bonds. The number of fused-ring (bicyclic) bond motifs is 1. The van der Waals surface area contributed by atoms with E-state index in [4.69, 9.17) is 0 Å². The molecule has 2 heterocycles. The van der Waals surface area contributed by atoms with E-state index in [1.54, 1.807) is 0 Å². The van der Waals surface area contributed by atoms with E-state index < -0.39 is 5.60 Å². The second-order valence-electron chi connectivity index (χ2n) is 5.33. The van der Waals surface area contributed by atoms with Crippen molar-refractivity contribution in [1.29, 1.82) is 0 Å². The molecule has 0 aromatic carbocycles. The third kappa shape index (κ3) is 2.03. The van der Waals surface area contributed by atoms with Crippen LogP contribution in [0.2, 0.25) is 0 Å². The maximum absolute atomic E-state index is 12.2. The van der Waals surface area contributed by atoms with Crippen molar-refractivity contribution in [3.05, 3.63) is 11.1 Å². The third-order valence-corrected chi connectivity index (χ3v) is 4.94. The molecule has 2 unspecified atom stereocenters. The number of carbonyl (C=O) groups excluding carboxylic acids is 1. The summed E-state index contributed by atoms with van der Waals surface area (Å²) in [5.74, 6) is 0.252. The highest BCUT2D eigenvalue weighted by molar-refractivity contribution is 7.07. The molecule has 6 heteroatoms. The Hall–Kier alpha value is -1.01. The van der Waals surface area contributed by atoms with Crippen molar-refractivity contribution in [3.8, 4) is 0 Å². The van der Waals surface area contributed by atoms with E-state index in [-0.39, 0.29) is 11.8 Å². The number of rotatable bonds is 1. The SMILES string of the molecule is O=C(c1cnns1)N1CCC2(O)CCCCC2C1. The molecular weight excluding hydrogens is 250 g/mol. The Morgan fingerprint density at radius 3 is 3.17 bits per heavy atom. The van der Waals surface area contributed by atoms with Crippen LogP contribution in [0.4, 0.5) is 0 Å². The number of hydrogen-bond acceptors (Lipinski definition) is 5. The maximum atomic E-state index is 12.2. The lowest BCUT2D eigenvalue weighted by atomic mass is 9.71. The van der Waals surface area contributed by atoms with Crippen LogP contribution in [0.5, 0.6) is 0 Å². The number of aromatic nitrogens is 2. The van der Waals surface area contributed by atoms with Gasteiger partial charge in [-0.3, -0.25) is 4.79 Å². The van der Waals surface area contributed by atoms with Gasteiger partial charge >= 0.3 is 0 Å². The monoisotopic (exact) mass is 267 g/mol. The second kappa shape index (κ2) is 4.59. The van der Waals surface area contributed by atoms with Gasteiger partial charge in [-0.05, 0) is 30.8 Å². The van der Waals surface area contributed by atoms with Gasteiger partial charge in [-0.2, -0.15) is 0 Å². The first-order valence-corrected chi connectivity index (χ1v) is 7.25. The Bertz CT molecular complexity index is 437. The topological polar surface area (TPSA) is 66.3 Å². The Morgan fingerprint density at radius 1 is 1.50 bits per heavy atom. The van der Waals surface area contributed by atoms with Crippen molar-refractivity contribution < 1.29 is 9.90 Å². The highest BCUT2D eigenvalue weighted by atomic mass is 32.1. The van der Waals surface area contributed by atoms with Gasteiger partial charge in [-0.1, -0.05) is 17.3 Å². The van der Waals surface area contributed by atoms with Gasteiger partial charge in [-0.25, -0.2) is 0 Å². The third-order valence-electron chi connectivity index (χ3n) is 4.29. The lowest BCUT2D eigenvalue weighted by Crippen LogP contribution is -2.54. The minimum absolute atomic E-state index is 0.0117. The summed E-state index contributed by atoms with van der Waals surface area (Å²) in [6.07, 6.45) is 6.42. The molecule has 1 aromatic heterocycles. The molecule has 0 spiro atoms.